The highest BCUT2D eigenvalue weighted by atomic mass is 16.5. The summed E-state index contributed by atoms with van der Waals surface area (Å²) in [4.78, 5) is 40.3. The zero-order chi connectivity index (χ0) is 26.5. The van der Waals surface area contributed by atoms with E-state index in [9.17, 15) is 14.4 Å². The number of aromatic nitrogens is 3. The molecular weight excluding hydrogens is 472 g/mol. The molecule has 1 amide bonds. The Hall–Kier alpha value is -4.66. The summed E-state index contributed by atoms with van der Waals surface area (Å²) in [5.41, 5.74) is 1.00. The Morgan fingerprint density at radius 2 is 1.62 bits per heavy atom. The molecule has 1 atom stereocenters. The third kappa shape index (κ3) is 5.30. The largest absolute Gasteiger partial charge is 0.493 e. The number of carbonyl (C=O) groups is 1. The van der Waals surface area contributed by atoms with Crippen LogP contribution in [0.2, 0.25) is 0 Å². The Kier molecular flexibility index (Phi) is 7.52. The van der Waals surface area contributed by atoms with Gasteiger partial charge in [0.05, 0.1) is 32.5 Å². The van der Waals surface area contributed by atoms with E-state index in [1.54, 1.807) is 18.2 Å². The van der Waals surface area contributed by atoms with Crippen molar-refractivity contribution in [3.8, 4) is 17.2 Å². The molecule has 4 aromatic rings. The second-order valence-electron chi connectivity index (χ2n) is 8.51. The number of rotatable bonds is 8. The number of aryl methyl sites for hydroxylation is 1. The van der Waals surface area contributed by atoms with Gasteiger partial charge in [0.1, 0.15) is 0 Å². The van der Waals surface area contributed by atoms with E-state index >= 15 is 0 Å². The van der Waals surface area contributed by atoms with Crippen LogP contribution in [0.15, 0.2) is 82.4 Å². The first-order valence-electron chi connectivity index (χ1n) is 11.7. The summed E-state index contributed by atoms with van der Waals surface area (Å²) in [5, 5.41) is 7.03. The molecule has 0 aliphatic carbocycles. The Labute approximate surface area is 213 Å². The maximum absolute atomic E-state index is 13.5. The van der Waals surface area contributed by atoms with Crippen LogP contribution < -0.4 is 26.0 Å². The molecule has 0 saturated carbocycles. The Bertz CT molecular complexity index is 1540. The molecule has 0 aliphatic heterocycles. The number of hydrogen-bond acceptors (Lipinski definition) is 6. The van der Waals surface area contributed by atoms with Gasteiger partial charge in [0.25, 0.3) is 11.5 Å². The Balaban J connectivity index is 1.85. The summed E-state index contributed by atoms with van der Waals surface area (Å²) >= 11 is 0. The van der Waals surface area contributed by atoms with Crippen LogP contribution in [0.3, 0.4) is 0 Å². The highest BCUT2D eigenvalue weighted by molar-refractivity contribution is 5.92. The second-order valence-corrected chi connectivity index (χ2v) is 8.51. The molecule has 0 spiro atoms. The molecular formula is C28H28N4O5. The van der Waals surface area contributed by atoms with Crippen LogP contribution in [0.5, 0.6) is 11.5 Å². The summed E-state index contributed by atoms with van der Waals surface area (Å²) < 4.78 is 12.7. The lowest BCUT2D eigenvalue weighted by Crippen LogP contribution is -2.46. The summed E-state index contributed by atoms with van der Waals surface area (Å²) in [5.74, 6) is 0.144. The highest BCUT2D eigenvalue weighted by Crippen LogP contribution is 2.28. The van der Waals surface area contributed by atoms with Gasteiger partial charge in [-0.2, -0.15) is 9.78 Å². The van der Waals surface area contributed by atoms with Crippen LogP contribution in [-0.4, -0.2) is 34.5 Å². The molecule has 190 valence electrons. The predicted molar refractivity (Wildman–Crippen MR) is 140 cm³/mol. The van der Waals surface area contributed by atoms with E-state index in [0.717, 1.165) is 25.9 Å². The van der Waals surface area contributed by atoms with Crippen molar-refractivity contribution in [2.45, 2.75) is 26.4 Å². The van der Waals surface area contributed by atoms with Crippen LogP contribution in [0, 0.1) is 6.92 Å². The average Bonchev–Trinajstić information content (AvgIpc) is 2.92. The van der Waals surface area contributed by atoms with Crippen LogP contribution in [-0.2, 0) is 6.54 Å². The fraction of sp³-hybridized carbons (Fsp3) is 0.214. The third-order valence-electron chi connectivity index (χ3n) is 6.12. The van der Waals surface area contributed by atoms with Gasteiger partial charge in [0.15, 0.2) is 11.5 Å². The molecule has 9 heteroatoms. The second kappa shape index (κ2) is 10.9. The quantitative estimate of drug-likeness (QED) is 0.398. The van der Waals surface area contributed by atoms with E-state index in [1.165, 1.54) is 14.2 Å². The molecule has 3 aromatic carbocycles. The van der Waals surface area contributed by atoms with Crippen molar-refractivity contribution in [3.63, 3.8) is 0 Å². The fourth-order valence-corrected chi connectivity index (χ4v) is 3.97. The Morgan fingerprint density at radius 1 is 0.946 bits per heavy atom. The van der Waals surface area contributed by atoms with Crippen LogP contribution in [0.4, 0.5) is 0 Å². The predicted octanol–water partition coefficient (Wildman–Crippen LogP) is 3.26. The zero-order valence-electron chi connectivity index (χ0n) is 21.1. The molecule has 1 aromatic heterocycles. The van der Waals surface area contributed by atoms with Crippen molar-refractivity contribution in [2.75, 3.05) is 14.2 Å². The van der Waals surface area contributed by atoms with Gasteiger partial charge in [-0.3, -0.25) is 14.2 Å². The minimum absolute atomic E-state index is 0.0192. The van der Waals surface area contributed by atoms with Gasteiger partial charge in [-0.25, -0.2) is 4.79 Å². The number of ether oxygens (including phenoxy) is 2. The maximum atomic E-state index is 13.5. The first-order valence-corrected chi connectivity index (χ1v) is 11.7. The molecule has 0 fully saturated rings. The van der Waals surface area contributed by atoms with Gasteiger partial charge >= 0.3 is 5.69 Å². The first kappa shape index (κ1) is 25.4. The van der Waals surface area contributed by atoms with Gasteiger partial charge in [-0.15, -0.1) is 0 Å². The molecule has 1 unspecified atom stereocenters. The number of nitrogens with zero attached hydrogens (tertiary/aromatic N) is 3. The molecule has 0 radical (unpaired) electrons. The van der Waals surface area contributed by atoms with Crippen molar-refractivity contribution < 1.29 is 14.3 Å². The van der Waals surface area contributed by atoms with Gasteiger partial charge in [0, 0.05) is 6.07 Å². The van der Waals surface area contributed by atoms with E-state index in [-0.39, 0.29) is 12.6 Å². The molecule has 0 bridgehead atoms. The normalized spacial score (nSPS) is 11.6. The molecule has 1 heterocycles. The van der Waals surface area contributed by atoms with Crippen molar-refractivity contribution >= 4 is 5.91 Å². The number of hydrogen-bond donors (Lipinski definition) is 1. The van der Waals surface area contributed by atoms with E-state index in [2.05, 4.69) is 10.4 Å². The number of nitrogens with one attached hydrogen (secondary N) is 1. The van der Waals surface area contributed by atoms with E-state index < -0.39 is 22.9 Å². The topological polar surface area (TPSA) is 104 Å². The Morgan fingerprint density at radius 3 is 2.30 bits per heavy atom. The van der Waals surface area contributed by atoms with Crippen LogP contribution >= 0.6 is 0 Å². The number of benzene rings is 3. The average molecular weight is 501 g/mol. The summed E-state index contributed by atoms with van der Waals surface area (Å²) in [7, 11) is 2.97. The molecule has 0 aliphatic rings. The van der Waals surface area contributed by atoms with Crippen molar-refractivity contribution in [2.24, 2.45) is 0 Å². The number of methoxy groups -OCH3 is 2. The van der Waals surface area contributed by atoms with Gasteiger partial charge < -0.3 is 14.8 Å². The maximum Gasteiger partial charge on any atom is 0.352 e. The minimum Gasteiger partial charge on any atom is -0.493 e. The van der Waals surface area contributed by atoms with E-state index in [1.807, 2.05) is 68.4 Å². The summed E-state index contributed by atoms with van der Waals surface area (Å²) in [6.45, 7) is 3.68. The lowest BCUT2D eigenvalue weighted by molar-refractivity contribution is 0.0930. The number of carbonyl (C=O) groups excluding carboxylic acids is 1. The third-order valence-corrected chi connectivity index (χ3v) is 6.12. The van der Waals surface area contributed by atoms with Crippen molar-refractivity contribution in [3.05, 3.63) is 116 Å². The van der Waals surface area contributed by atoms with Crippen molar-refractivity contribution in [1.29, 1.82) is 0 Å². The van der Waals surface area contributed by atoms with Gasteiger partial charge in [-0.1, -0.05) is 54.6 Å². The smallest absolute Gasteiger partial charge is 0.352 e. The molecule has 37 heavy (non-hydrogen) atoms. The highest BCUT2D eigenvalue weighted by Gasteiger charge is 2.23. The summed E-state index contributed by atoms with van der Waals surface area (Å²) in [6, 6.07) is 21.2. The lowest BCUT2D eigenvalue weighted by Gasteiger charge is -2.16. The van der Waals surface area contributed by atoms with Crippen molar-refractivity contribution in [1.82, 2.24) is 19.7 Å². The standard InChI is InChI=1S/C28H28N4O5/c1-18-10-8-9-13-21(18)17-31-27(34)25(26(33)29-19(2)20-11-6-5-7-12-20)30-32(28(31)35)22-14-15-23(36-3)24(16-22)37-4/h5-16,19H,17H2,1-4H3,(H,29,33). The number of amides is 1. The lowest BCUT2D eigenvalue weighted by atomic mass is 10.1. The molecule has 9 nitrogen and oxygen atoms in total. The van der Waals surface area contributed by atoms with Crippen LogP contribution in [0.25, 0.3) is 5.69 Å². The first-order chi connectivity index (χ1) is 17.8. The molecule has 1 N–H and O–H groups in total. The minimum atomic E-state index is -0.775. The SMILES string of the molecule is COc1ccc(-n2nc(C(=O)NC(C)c3ccccc3)c(=O)n(Cc3ccccc3C)c2=O)cc1OC. The molecule has 0 saturated heterocycles. The van der Waals surface area contributed by atoms with E-state index in [4.69, 9.17) is 9.47 Å². The zero-order valence-corrected chi connectivity index (χ0v) is 21.1. The van der Waals surface area contributed by atoms with Crippen LogP contribution in [0.1, 0.15) is 40.1 Å². The summed E-state index contributed by atoms with van der Waals surface area (Å²) in [6.07, 6.45) is 0. The van der Waals surface area contributed by atoms with E-state index in [0.29, 0.717) is 17.2 Å². The molecule has 4 rings (SSSR count). The van der Waals surface area contributed by atoms with Gasteiger partial charge in [-0.05, 0) is 42.7 Å². The van der Waals surface area contributed by atoms with Gasteiger partial charge in [0.2, 0.25) is 5.69 Å². The fourth-order valence-electron chi connectivity index (χ4n) is 3.97. The monoisotopic (exact) mass is 500 g/mol.